The van der Waals surface area contributed by atoms with Gasteiger partial charge < -0.3 is 14.9 Å². The van der Waals surface area contributed by atoms with E-state index in [1.54, 1.807) is 18.2 Å². The van der Waals surface area contributed by atoms with Crippen LogP contribution in [-0.2, 0) is 0 Å². The summed E-state index contributed by atoms with van der Waals surface area (Å²) in [7, 11) is 1.43. The van der Waals surface area contributed by atoms with Crippen molar-refractivity contribution in [2.75, 3.05) is 12.5 Å². The third-order valence-electron chi connectivity index (χ3n) is 2.81. The summed E-state index contributed by atoms with van der Waals surface area (Å²) in [5, 5.41) is 22.6. The summed E-state index contributed by atoms with van der Waals surface area (Å²) >= 11 is 5.87. The average molecular weight is 321 g/mol. The fraction of sp³-hybridized carbons (Fsp3) is 0.0667. The van der Waals surface area contributed by atoms with Gasteiger partial charge in [-0.3, -0.25) is 5.43 Å². The molecule has 0 radical (unpaired) electrons. The molecule has 2 aromatic carbocycles. The van der Waals surface area contributed by atoms with Gasteiger partial charge in [-0.1, -0.05) is 11.6 Å². The van der Waals surface area contributed by atoms with Crippen LogP contribution in [-0.4, -0.2) is 29.5 Å². The number of phenolic OH excluding ortho intramolecular Hbond substituents is 1. The molecular formula is C15H13ClN2O4. The summed E-state index contributed by atoms with van der Waals surface area (Å²) < 4.78 is 4.99. The minimum absolute atomic E-state index is 0.126. The molecule has 0 atom stereocenters. The van der Waals surface area contributed by atoms with E-state index < -0.39 is 5.97 Å². The maximum Gasteiger partial charge on any atom is 0.335 e. The van der Waals surface area contributed by atoms with E-state index in [2.05, 4.69) is 10.5 Å². The van der Waals surface area contributed by atoms with Crippen LogP contribution in [0.3, 0.4) is 0 Å². The molecule has 0 aliphatic heterocycles. The number of aromatic carboxylic acids is 1. The zero-order chi connectivity index (χ0) is 16.1. The average Bonchev–Trinajstić information content (AvgIpc) is 2.51. The molecule has 2 rings (SSSR count). The smallest absolute Gasteiger partial charge is 0.335 e. The highest BCUT2D eigenvalue weighted by Crippen LogP contribution is 2.34. The highest BCUT2D eigenvalue weighted by Gasteiger charge is 2.07. The summed E-state index contributed by atoms with van der Waals surface area (Å²) in [4.78, 5) is 10.7. The second kappa shape index (κ2) is 6.82. The lowest BCUT2D eigenvalue weighted by Crippen LogP contribution is -1.96. The van der Waals surface area contributed by atoms with Gasteiger partial charge >= 0.3 is 5.97 Å². The van der Waals surface area contributed by atoms with Crippen molar-refractivity contribution in [3.05, 3.63) is 52.5 Å². The lowest BCUT2D eigenvalue weighted by molar-refractivity contribution is 0.0697. The Morgan fingerprint density at radius 2 is 2.00 bits per heavy atom. The zero-order valence-corrected chi connectivity index (χ0v) is 12.3. The molecule has 0 aromatic heterocycles. The maximum atomic E-state index is 10.7. The number of carboxylic acid groups (broad SMARTS) is 1. The Kier molecular flexibility index (Phi) is 4.85. The minimum Gasteiger partial charge on any atom is -0.503 e. The molecule has 0 fully saturated rings. The molecule has 0 aliphatic rings. The van der Waals surface area contributed by atoms with Crippen molar-refractivity contribution in [1.82, 2.24) is 0 Å². The Bertz CT molecular complexity index is 714. The molecule has 0 amide bonds. The number of ether oxygens (including phenoxy) is 1. The summed E-state index contributed by atoms with van der Waals surface area (Å²) in [6.07, 6.45) is 1.50. The number of phenols is 1. The second-order valence-electron chi connectivity index (χ2n) is 4.31. The van der Waals surface area contributed by atoms with E-state index in [9.17, 15) is 9.90 Å². The predicted molar refractivity (Wildman–Crippen MR) is 84.3 cm³/mol. The number of hydrogen-bond acceptors (Lipinski definition) is 5. The molecule has 0 saturated heterocycles. The first kappa shape index (κ1) is 15.7. The normalized spacial score (nSPS) is 10.6. The molecule has 7 heteroatoms. The largest absolute Gasteiger partial charge is 0.503 e. The molecule has 114 valence electrons. The Labute approximate surface area is 131 Å². The van der Waals surface area contributed by atoms with Gasteiger partial charge in [0.15, 0.2) is 11.5 Å². The molecule has 0 bridgehead atoms. The Morgan fingerprint density at radius 1 is 1.32 bits per heavy atom. The van der Waals surface area contributed by atoms with E-state index in [1.807, 2.05) is 0 Å². The van der Waals surface area contributed by atoms with Crippen LogP contribution in [0.15, 0.2) is 41.5 Å². The Hall–Kier alpha value is -2.73. The molecule has 0 heterocycles. The highest BCUT2D eigenvalue weighted by molar-refractivity contribution is 6.32. The van der Waals surface area contributed by atoms with Crippen LogP contribution >= 0.6 is 11.6 Å². The third-order valence-corrected chi connectivity index (χ3v) is 3.10. The van der Waals surface area contributed by atoms with Crippen LogP contribution in [0.5, 0.6) is 11.5 Å². The quantitative estimate of drug-likeness (QED) is 0.581. The molecule has 0 saturated carbocycles. The number of benzene rings is 2. The second-order valence-corrected chi connectivity index (χ2v) is 4.71. The van der Waals surface area contributed by atoms with Gasteiger partial charge in [0.25, 0.3) is 0 Å². The SMILES string of the molecule is COc1cc(C=NNc2ccc(C(=O)O)cc2)cc(Cl)c1O. The number of anilines is 1. The Morgan fingerprint density at radius 3 is 2.59 bits per heavy atom. The van der Waals surface area contributed by atoms with Crippen LogP contribution in [0, 0.1) is 0 Å². The summed E-state index contributed by atoms with van der Waals surface area (Å²) in [6, 6.07) is 9.27. The van der Waals surface area contributed by atoms with Gasteiger partial charge in [0.1, 0.15) is 0 Å². The van der Waals surface area contributed by atoms with Gasteiger partial charge in [-0.25, -0.2) is 4.79 Å². The van der Waals surface area contributed by atoms with E-state index in [0.717, 1.165) is 0 Å². The number of methoxy groups -OCH3 is 1. The highest BCUT2D eigenvalue weighted by atomic mass is 35.5. The van der Waals surface area contributed by atoms with Crippen LogP contribution in [0.4, 0.5) is 5.69 Å². The van der Waals surface area contributed by atoms with E-state index >= 15 is 0 Å². The number of carboxylic acids is 1. The number of nitrogens with one attached hydrogen (secondary N) is 1. The number of hydrogen-bond donors (Lipinski definition) is 3. The molecule has 22 heavy (non-hydrogen) atoms. The zero-order valence-electron chi connectivity index (χ0n) is 11.6. The van der Waals surface area contributed by atoms with E-state index in [1.165, 1.54) is 31.5 Å². The van der Waals surface area contributed by atoms with Crippen molar-refractivity contribution in [3.8, 4) is 11.5 Å². The number of nitrogens with zero attached hydrogens (tertiary/aromatic N) is 1. The lowest BCUT2D eigenvalue weighted by atomic mass is 10.2. The molecular weight excluding hydrogens is 308 g/mol. The van der Waals surface area contributed by atoms with Crippen LogP contribution in [0.1, 0.15) is 15.9 Å². The van der Waals surface area contributed by atoms with Crippen molar-refractivity contribution in [2.45, 2.75) is 0 Å². The van der Waals surface area contributed by atoms with Crippen LogP contribution in [0.2, 0.25) is 5.02 Å². The van der Waals surface area contributed by atoms with Gasteiger partial charge in [0.05, 0.1) is 29.6 Å². The third kappa shape index (κ3) is 3.67. The van der Waals surface area contributed by atoms with Gasteiger partial charge in [-0.2, -0.15) is 5.10 Å². The van der Waals surface area contributed by atoms with Crippen molar-refractivity contribution >= 4 is 29.5 Å². The number of hydrazone groups is 1. The van der Waals surface area contributed by atoms with Gasteiger partial charge in [-0.05, 0) is 42.0 Å². The molecule has 2 aromatic rings. The first-order chi connectivity index (χ1) is 10.5. The fourth-order valence-corrected chi connectivity index (χ4v) is 1.91. The fourth-order valence-electron chi connectivity index (χ4n) is 1.69. The summed E-state index contributed by atoms with van der Waals surface area (Å²) in [5.41, 5.74) is 4.23. The van der Waals surface area contributed by atoms with E-state index in [-0.39, 0.29) is 22.1 Å². The molecule has 6 nitrogen and oxygen atoms in total. The first-order valence-corrected chi connectivity index (χ1v) is 6.58. The lowest BCUT2D eigenvalue weighted by Gasteiger charge is -2.06. The summed E-state index contributed by atoms with van der Waals surface area (Å²) in [6.45, 7) is 0. The van der Waals surface area contributed by atoms with Crippen LogP contribution in [0.25, 0.3) is 0 Å². The van der Waals surface area contributed by atoms with E-state index in [0.29, 0.717) is 11.3 Å². The first-order valence-electron chi connectivity index (χ1n) is 6.20. The van der Waals surface area contributed by atoms with Gasteiger partial charge in [0.2, 0.25) is 0 Å². The van der Waals surface area contributed by atoms with Gasteiger partial charge in [0, 0.05) is 0 Å². The van der Waals surface area contributed by atoms with Crippen molar-refractivity contribution in [3.63, 3.8) is 0 Å². The topological polar surface area (TPSA) is 91.2 Å². The maximum absolute atomic E-state index is 10.7. The van der Waals surface area contributed by atoms with Gasteiger partial charge in [-0.15, -0.1) is 0 Å². The number of carbonyl (C=O) groups is 1. The predicted octanol–water partition coefficient (Wildman–Crippen LogP) is 3.20. The van der Waals surface area contributed by atoms with Crippen LogP contribution < -0.4 is 10.2 Å². The number of halogens is 1. The van der Waals surface area contributed by atoms with E-state index in [4.69, 9.17) is 21.4 Å². The minimum atomic E-state index is -0.985. The molecule has 3 N–H and O–H groups in total. The number of aromatic hydroxyl groups is 1. The Balaban J connectivity index is 2.09. The number of rotatable bonds is 5. The standard InChI is InChI=1S/C15H13ClN2O4/c1-22-13-7-9(6-12(16)14(13)19)8-17-18-11-4-2-10(3-5-11)15(20)21/h2-8,18-19H,1H3,(H,20,21). The molecule has 0 aliphatic carbocycles. The monoisotopic (exact) mass is 320 g/mol. The van der Waals surface area contributed by atoms with Crippen molar-refractivity contribution < 1.29 is 19.7 Å². The van der Waals surface area contributed by atoms with Crippen molar-refractivity contribution in [2.24, 2.45) is 5.10 Å². The van der Waals surface area contributed by atoms with Crippen molar-refractivity contribution in [1.29, 1.82) is 0 Å². The molecule has 0 spiro atoms. The molecule has 0 unspecified atom stereocenters. The summed E-state index contributed by atoms with van der Waals surface area (Å²) in [5.74, 6) is -0.862.